The number of carboxylic acid groups (broad SMARTS) is 1. The fourth-order valence-corrected chi connectivity index (χ4v) is 4.30. The number of carboxylic acids is 1. The fraction of sp³-hybridized carbons (Fsp3) is 0.842. The lowest BCUT2D eigenvalue weighted by Crippen LogP contribution is -2.69. The van der Waals surface area contributed by atoms with Crippen LogP contribution in [0.1, 0.15) is 20.8 Å². The number of rotatable bonds is 11. The molecular formula is C19H30N2O16P-3. The minimum atomic E-state index is -5.58. The summed E-state index contributed by atoms with van der Waals surface area (Å²) in [5, 5.41) is 57.3. The summed E-state index contributed by atoms with van der Waals surface area (Å²) in [6, 6.07) is -3.02. The topological polar surface area (TPSA) is 289 Å². The van der Waals surface area contributed by atoms with Crippen LogP contribution in [0.2, 0.25) is 0 Å². The zero-order valence-electron chi connectivity index (χ0n) is 20.4. The largest absolute Gasteiger partial charge is 0.790 e. The maximum absolute atomic E-state index is 11.9. The van der Waals surface area contributed by atoms with Crippen molar-refractivity contribution < 1.29 is 77.7 Å². The molecule has 0 aromatic carbocycles. The number of phosphoric acid groups is 1. The zero-order chi connectivity index (χ0) is 28.9. The maximum Gasteiger partial charge on any atom is 0.217 e. The number of aliphatic hydroxyl groups excluding tert-OH is 4. The van der Waals surface area contributed by atoms with Gasteiger partial charge in [0.1, 0.15) is 48.7 Å². The van der Waals surface area contributed by atoms with E-state index in [1.54, 1.807) is 0 Å². The quantitative estimate of drug-likeness (QED) is 0.125. The van der Waals surface area contributed by atoms with Gasteiger partial charge in [0, 0.05) is 13.8 Å². The minimum absolute atomic E-state index is 0.673. The summed E-state index contributed by atoms with van der Waals surface area (Å²) in [5.74, 6) is -3.14. The molecule has 0 spiro atoms. The number of hydrogen-bond donors (Lipinski definition) is 6. The van der Waals surface area contributed by atoms with Gasteiger partial charge in [-0.1, -0.05) is 0 Å². The average molecular weight is 573 g/mol. The highest BCUT2D eigenvalue weighted by atomic mass is 31.2. The second-order valence-corrected chi connectivity index (χ2v) is 9.78. The summed E-state index contributed by atoms with van der Waals surface area (Å²) >= 11 is 0. The van der Waals surface area contributed by atoms with E-state index in [2.05, 4.69) is 15.2 Å². The molecule has 0 aromatic heterocycles. The summed E-state index contributed by atoms with van der Waals surface area (Å²) in [7, 11) is -5.58. The molecule has 0 saturated carbocycles. The SMILES string of the molecule is CC(=O)N[C@H]1[C@H](O[C@H]2[C@H](O)[C@@H](NC(C)=O)C(O)O[C@@H]2CO)O[C@H](COP(=O)([O-])[O-])[C@@H](O)[C@@H]1O[C@H](C)C(=O)[O-]. The maximum atomic E-state index is 11.9. The number of carbonyl (C=O) groups is 3. The van der Waals surface area contributed by atoms with Crippen LogP contribution in [-0.2, 0) is 42.4 Å². The van der Waals surface area contributed by atoms with Crippen LogP contribution in [0.5, 0.6) is 0 Å². The Morgan fingerprint density at radius 2 is 1.55 bits per heavy atom. The molecule has 2 rings (SSSR count). The molecule has 1 unspecified atom stereocenters. The standard InChI is InChI=1S/C19H33N2O16P/c1-6(17(27)28)34-16-12(21-8(3)24)19(36-10(13(16)25)5-33-38(30,31)32)37-15-9(4-22)35-18(29)11(14(15)26)20-7(2)23/h6,9-16,18-19,22,25-26,29H,4-5H2,1-3H3,(H,20,23)(H,21,24)(H,27,28)(H2,30,31,32)/p-3/t6-,9-,10-,11-,12-,13-,14-,15-,16-,18?,19+/m1/s1. The van der Waals surface area contributed by atoms with Gasteiger partial charge in [0.25, 0.3) is 0 Å². The molecule has 0 aliphatic carbocycles. The Labute approximate surface area is 216 Å². The first kappa shape index (κ1) is 32.4. The van der Waals surface area contributed by atoms with Gasteiger partial charge in [0.2, 0.25) is 11.8 Å². The average Bonchev–Trinajstić information content (AvgIpc) is 2.79. The van der Waals surface area contributed by atoms with Gasteiger partial charge in [-0.3, -0.25) is 9.59 Å². The van der Waals surface area contributed by atoms with E-state index in [1.165, 1.54) is 0 Å². The predicted octanol–water partition coefficient (Wildman–Crippen LogP) is -7.09. The molecule has 2 saturated heterocycles. The Balaban J connectivity index is 2.45. The summed E-state index contributed by atoms with van der Waals surface area (Å²) in [4.78, 5) is 56.7. The normalized spacial score (nSPS) is 36.8. The van der Waals surface area contributed by atoms with E-state index in [9.17, 15) is 54.3 Å². The number of amides is 2. The third-order valence-electron chi connectivity index (χ3n) is 5.67. The second-order valence-electron chi connectivity index (χ2n) is 8.63. The molecule has 2 fully saturated rings. The Morgan fingerprint density at radius 3 is 2.05 bits per heavy atom. The molecule has 2 heterocycles. The number of aliphatic carboxylic acids is 1. The first-order chi connectivity index (χ1) is 17.5. The number of aliphatic hydroxyl groups is 4. The second kappa shape index (κ2) is 13.5. The van der Waals surface area contributed by atoms with E-state index in [0.717, 1.165) is 20.8 Å². The number of hydrogen-bond acceptors (Lipinski definition) is 16. The lowest BCUT2D eigenvalue weighted by molar-refractivity contribution is -0.352. The molecule has 19 heteroatoms. The zero-order valence-corrected chi connectivity index (χ0v) is 21.3. The lowest BCUT2D eigenvalue weighted by Gasteiger charge is -2.49. The molecule has 220 valence electrons. The summed E-state index contributed by atoms with van der Waals surface area (Å²) in [6.45, 7) is 1.24. The van der Waals surface area contributed by atoms with E-state index in [1.807, 2.05) is 0 Å². The predicted molar refractivity (Wildman–Crippen MR) is 112 cm³/mol. The third-order valence-corrected chi connectivity index (χ3v) is 6.13. The van der Waals surface area contributed by atoms with Crippen molar-refractivity contribution in [2.45, 2.75) is 88.2 Å². The smallest absolute Gasteiger partial charge is 0.217 e. The van der Waals surface area contributed by atoms with Gasteiger partial charge in [0.15, 0.2) is 12.6 Å². The molecule has 2 aliphatic rings. The minimum Gasteiger partial charge on any atom is -0.790 e. The van der Waals surface area contributed by atoms with Crippen molar-refractivity contribution in [3.8, 4) is 0 Å². The highest BCUT2D eigenvalue weighted by Crippen LogP contribution is 2.33. The van der Waals surface area contributed by atoms with Crippen LogP contribution in [0.25, 0.3) is 0 Å². The summed E-state index contributed by atoms with van der Waals surface area (Å²) < 4.78 is 36.9. The Kier molecular flexibility index (Phi) is 11.5. The number of nitrogens with one attached hydrogen (secondary N) is 2. The van der Waals surface area contributed by atoms with E-state index in [-0.39, 0.29) is 0 Å². The Hall–Kier alpha value is -1.80. The molecule has 0 bridgehead atoms. The monoisotopic (exact) mass is 573 g/mol. The lowest BCUT2D eigenvalue weighted by atomic mass is 9.94. The van der Waals surface area contributed by atoms with Crippen LogP contribution < -0.4 is 25.5 Å². The van der Waals surface area contributed by atoms with Gasteiger partial charge in [-0.15, -0.1) is 0 Å². The van der Waals surface area contributed by atoms with Gasteiger partial charge >= 0.3 is 0 Å². The molecule has 2 amide bonds. The van der Waals surface area contributed by atoms with Crippen molar-refractivity contribution in [2.75, 3.05) is 13.2 Å². The molecule has 0 aromatic rings. The fourth-order valence-electron chi connectivity index (χ4n) is 3.97. The van der Waals surface area contributed by atoms with Crippen LogP contribution in [0.3, 0.4) is 0 Å². The molecule has 6 N–H and O–H groups in total. The van der Waals surface area contributed by atoms with Crippen molar-refractivity contribution in [3.63, 3.8) is 0 Å². The number of phosphoric ester groups is 1. The van der Waals surface area contributed by atoms with E-state index >= 15 is 0 Å². The van der Waals surface area contributed by atoms with Gasteiger partial charge in [-0.05, 0) is 6.92 Å². The molecule has 11 atom stereocenters. The van der Waals surface area contributed by atoms with Gasteiger partial charge in [-0.25, -0.2) is 0 Å². The summed E-state index contributed by atoms with van der Waals surface area (Å²) in [6.07, 6.45) is -15.4. The number of ether oxygens (including phenoxy) is 4. The highest BCUT2D eigenvalue weighted by molar-refractivity contribution is 7.43. The first-order valence-electron chi connectivity index (χ1n) is 11.2. The van der Waals surface area contributed by atoms with Crippen molar-refractivity contribution >= 4 is 25.6 Å². The van der Waals surface area contributed by atoms with E-state index in [0.29, 0.717) is 0 Å². The van der Waals surface area contributed by atoms with E-state index in [4.69, 9.17) is 18.9 Å². The van der Waals surface area contributed by atoms with Crippen LogP contribution in [0, 0.1) is 0 Å². The van der Waals surface area contributed by atoms with E-state index < -0.39 is 106 Å². The Bertz CT molecular complexity index is 887. The molecule has 38 heavy (non-hydrogen) atoms. The van der Waals surface area contributed by atoms with Crippen molar-refractivity contribution in [3.05, 3.63) is 0 Å². The van der Waals surface area contributed by atoms with Crippen molar-refractivity contribution in [1.29, 1.82) is 0 Å². The van der Waals surface area contributed by atoms with Crippen molar-refractivity contribution in [1.82, 2.24) is 10.6 Å². The van der Waals surface area contributed by atoms with Crippen molar-refractivity contribution in [2.24, 2.45) is 0 Å². The van der Waals surface area contributed by atoms with Gasteiger partial charge in [0.05, 0.1) is 33.1 Å². The summed E-state index contributed by atoms with van der Waals surface area (Å²) in [5.41, 5.74) is 0. The van der Waals surface area contributed by atoms with Crippen LogP contribution in [0.4, 0.5) is 0 Å². The highest BCUT2D eigenvalue weighted by Gasteiger charge is 2.52. The van der Waals surface area contributed by atoms with Crippen LogP contribution >= 0.6 is 7.82 Å². The van der Waals surface area contributed by atoms with Crippen LogP contribution in [0.15, 0.2) is 0 Å². The van der Waals surface area contributed by atoms with Gasteiger partial charge in [-0.2, -0.15) is 0 Å². The molecule has 2 aliphatic heterocycles. The number of carbonyl (C=O) groups excluding carboxylic acids is 3. The Morgan fingerprint density at radius 1 is 0.974 bits per heavy atom. The van der Waals surface area contributed by atoms with Crippen LogP contribution in [-0.4, -0.2) is 119 Å². The molecule has 0 radical (unpaired) electrons. The molecular weight excluding hydrogens is 543 g/mol. The third kappa shape index (κ3) is 8.60. The van der Waals surface area contributed by atoms with Gasteiger partial charge < -0.3 is 78.8 Å². The first-order valence-corrected chi connectivity index (χ1v) is 12.7. The molecule has 18 nitrogen and oxygen atoms in total.